The highest BCUT2D eigenvalue weighted by Crippen LogP contribution is 2.32. The van der Waals surface area contributed by atoms with E-state index in [1.54, 1.807) is 18.5 Å². The summed E-state index contributed by atoms with van der Waals surface area (Å²) >= 11 is 0. The van der Waals surface area contributed by atoms with Gasteiger partial charge in [-0.1, -0.05) is 12.8 Å². The van der Waals surface area contributed by atoms with Gasteiger partial charge in [-0.3, -0.25) is 4.79 Å². The molecule has 1 aliphatic heterocycles. The number of amides is 1. The first-order valence-corrected chi connectivity index (χ1v) is 8.23. The first-order valence-electron chi connectivity index (χ1n) is 8.23. The molecule has 2 fully saturated rings. The van der Waals surface area contributed by atoms with Gasteiger partial charge in [0, 0.05) is 37.8 Å². The molecule has 1 N–H and O–H groups in total. The van der Waals surface area contributed by atoms with Gasteiger partial charge in [-0.05, 0) is 24.8 Å². The molecular weight excluding hydrogens is 302 g/mol. The van der Waals surface area contributed by atoms with E-state index in [0.717, 1.165) is 25.7 Å². The summed E-state index contributed by atoms with van der Waals surface area (Å²) < 4.78 is 26.5. The van der Waals surface area contributed by atoms with E-state index in [4.69, 9.17) is 0 Å². The van der Waals surface area contributed by atoms with E-state index in [-0.39, 0.29) is 30.8 Å². The number of halogens is 2. The SMILES string of the molecule is O=C(C[C@@H]1CCCC[C@@H]1Nc1ncccn1)N1CCC(F)(F)C1. The van der Waals surface area contributed by atoms with Gasteiger partial charge in [-0.2, -0.15) is 0 Å². The van der Waals surface area contributed by atoms with Crippen LogP contribution in [0.2, 0.25) is 0 Å². The molecule has 2 atom stereocenters. The Morgan fingerprint density at radius 1 is 1.30 bits per heavy atom. The number of nitrogens with zero attached hydrogens (tertiary/aromatic N) is 3. The topological polar surface area (TPSA) is 58.1 Å². The Morgan fingerprint density at radius 3 is 2.74 bits per heavy atom. The predicted molar refractivity (Wildman–Crippen MR) is 82.2 cm³/mol. The maximum absolute atomic E-state index is 13.3. The highest BCUT2D eigenvalue weighted by atomic mass is 19.3. The molecule has 5 nitrogen and oxygen atoms in total. The van der Waals surface area contributed by atoms with Gasteiger partial charge in [0.25, 0.3) is 5.92 Å². The van der Waals surface area contributed by atoms with Gasteiger partial charge >= 0.3 is 0 Å². The van der Waals surface area contributed by atoms with Gasteiger partial charge in [0.05, 0.1) is 6.54 Å². The van der Waals surface area contributed by atoms with Crippen molar-refractivity contribution < 1.29 is 13.6 Å². The molecule has 0 spiro atoms. The molecular formula is C16H22F2N4O. The zero-order valence-electron chi connectivity index (χ0n) is 13.0. The van der Waals surface area contributed by atoms with E-state index < -0.39 is 12.5 Å². The molecule has 2 heterocycles. The largest absolute Gasteiger partial charge is 0.351 e. The van der Waals surface area contributed by atoms with Crippen molar-refractivity contribution in [3.63, 3.8) is 0 Å². The van der Waals surface area contributed by atoms with Crippen molar-refractivity contribution in [2.75, 3.05) is 18.4 Å². The number of aromatic nitrogens is 2. The van der Waals surface area contributed by atoms with Crippen molar-refractivity contribution in [2.45, 2.75) is 50.5 Å². The zero-order chi connectivity index (χ0) is 16.3. The highest BCUT2D eigenvalue weighted by Gasteiger charge is 2.41. The number of carbonyl (C=O) groups excluding carboxylic acids is 1. The van der Waals surface area contributed by atoms with Crippen LogP contribution in [-0.2, 0) is 4.79 Å². The second-order valence-electron chi connectivity index (χ2n) is 6.49. The van der Waals surface area contributed by atoms with Gasteiger partial charge in [-0.15, -0.1) is 0 Å². The number of carbonyl (C=O) groups is 1. The summed E-state index contributed by atoms with van der Waals surface area (Å²) in [6, 6.07) is 1.87. The van der Waals surface area contributed by atoms with Gasteiger partial charge in [0.15, 0.2) is 0 Å². The summed E-state index contributed by atoms with van der Waals surface area (Å²) in [7, 11) is 0. The maximum atomic E-state index is 13.3. The second-order valence-corrected chi connectivity index (χ2v) is 6.49. The number of alkyl halides is 2. The Hall–Kier alpha value is -1.79. The van der Waals surface area contributed by atoms with Crippen LogP contribution in [0.15, 0.2) is 18.5 Å². The van der Waals surface area contributed by atoms with E-state index in [0.29, 0.717) is 12.4 Å². The molecule has 0 aromatic carbocycles. The summed E-state index contributed by atoms with van der Waals surface area (Å²) in [5.74, 6) is -2.17. The Morgan fingerprint density at radius 2 is 2.04 bits per heavy atom. The molecule has 1 aromatic rings. The Labute approximate surface area is 134 Å². The smallest absolute Gasteiger partial charge is 0.267 e. The maximum Gasteiger partial charge on any atom is 0.267 e. The van der Waals surface area contributed by atoms with Gasteiger partial charge < -0.3 is 10.2 Å². The van der Waals surface area contributed by atoms with Crippen LogP contribution in [0.4, 0.5) is 14.7 Å². The molecule has 1 aliphatic carbocycles. The lowest BCUT2D eigenvalue weighted by molar-refractivity contribution is -0.133. The van der Waals surface area contributed by atoms with Crippen LogP contribution >= 0.6 is 0 Å². The first kappa shape index (κ1) is 16.1. The van der Waals surface area contributed by atoms with E-state index in [9.17, 15) is 13.6 Å². The number of nitrogens with one attached hydrogen (secondary N) is 1. The summed E-state index contributed by atoms with van der Waals surface area (Å²) in [5.41, 5.74) is 0. The monoisotopic (exact) mass is 324 g/mol. The lowest BCUT2D eigenvalue weighted by Crippen LogP contribution is -2.38. The standard InChI is InChI=1S/C16H22F2N4O/c17-16(18)6-9-22(11-16)14(23)10-12-4-1-2-5-13(12)21-15-19-7-3-8-20-15/h3,7-8,12-13H,1-2,4-6,9-11H2,(H,19,20,21)/t12-,13-/m0/s1. The van der Waals surface area contributed by atoms with E-state index in [1.807, 2.05) is 0 Å². The summed E-state index contributed by atoms with van der Waals surface area (Å²) in [6.45, 7) is -0.267. The van der Waals surface area contributed by atoms with Gasteiger partial charge in [-0.25, -0.2) is 18.7 Å². The van der Waals surface area contributed by atoms with Crippen molar-refractivity contribution in [1.29, 1.82) is 0 Å². The Bertz CT molecular complexity index is 540. The molecule has 0 unspecified atom stereocenters. The summed E-state index contributed by atoms with van der Waals surface area (Å²) in [4.78, 5) is 22.0. The molecule has 0 bridgehead atoms. The Balaban J connectivity index is 1.59. The lowest BCUT2D eigenvalue weighted by Gasteiger charge is -2.32. The first-order chi connectivity index (χ1) is 11.0. The molecule has 0 radical (unpaired) electrons. The molecule has 1 saturated heterocycles. The van der Waals surface area contributed by atoms with Crippen LogP contribution in [-0.4, -0.2) is 45.8 Å². The van der Waals surface area contributed by atoms with E-state index in [2.05, 4.69) is 15.3 Å². The number of likely N-dealkylation sites (tertiary alicyclic amines) is 1. The molecule has 3 rings (SSSR count). The van der Waals surface area contributed by atoms with Crippen LogP contribution in [0.25, 0.3) is 0 Å². The third-order valence-corrected chi connectivity index (χ3v) is 4.75. The fourth-order valence-corrected chi connectivity index (χ4v) is 3.48. The molecule has 23 heavy (non-hydrogen) atoms. The van der Waals surface area contributed by atoms with Gasteiger partial charge in [0.1, 0.15) is 0 Å². The van der Waals surface area contributed by atoms with Crippen molar-refractivity contribution in [3.8, 4) is 0 Å². The van der Waals surface area contributed by atoms with Crippen LogP contribution in [0.1, 0.15) is 38.5 Å². The van der Waals surface area contributed by atoms with Gasteiger partial charge in [0.2, 0.25) is 11.9 Å². The summed E-state index contributed by atoms with van der Waals surface area (Å²) in [6.07, 6.45) is 7.49. The van der Waals surface area contributed by atoms with Crippen molar-refractivity contribution in [3.05, 3.63) is 18.5 Å². The van der Waals surface area contributed by atoms with Crippen molar-refractivity contribution in [2.24, 2.45) is 5.92 Å². The van der Waals surface area contributed by atoms with Crippen molar-refractivity contribution >= 4 is 11.9 Å². The quantitative estimate of drug-likeness (QED) is 0.925. The van der Waals surface area contributed by atoms with Crippen LogP contribution in [0.3, 0.4) is 0 Å². The number of anilines is 1. The van der Waals surface area contributed by atoms with Crippen LogP contribution in [0.5, 0.6) is 0 Å². The third-order valence-electron chi connectivity index (χ3n) is 4.75. The lowest BCUT2D eigenvalue weighted by atomic mass is 9.82. The molecule has 126 valence electrons. The minimum Gasteiger partial charge on any atom is -0.351 e. The molecule has 1 saturated carbocycles. The molecule has 1 amide bonds. The highest BCUT2D eigenvalue weighted by molar-refractivity contribution is 5.77. The van der Waals surface area contributed by atoms with Crippen LogP contribution < -0.4 is 5.32 Å². The minimum absolute atomic E-state index is 0.123. The number of hydrogen-bond donors (Lipinski definition) is 1. The fraction of sp³-hybridized carbons (Fsp3) is 0.688. The second kappa shape index (κ2) is 6.76. The summed E-state index contributed by atoms with van der Waals surface area (Å²) in [5, 5.41) is 3.30. The zero-order valence-corrected chi connectivity index (χ0v) is 13.0. The number of rotatable bonds is 4. The average molecular weight is 324 g/mol. The normalized spacial score (nSPS) is 27.0. The van der Waals surface area contributed by atoms with E-state index in [1.165, 1.54) is 4.90 Å². The average Bonchev–Trinajstić information content (AvgIpc) is 2.90. The molecule has 1 aromatic heterocycles. The predicted octanol–water partition coefficient (Wildman–Crippen LogP) is 2.71. The third kappa shape index (κ3) is 4.14. The van der Waals surface area contributed by atoms with Crippen LogP contribution in [0, 0.1) is 5.92 Å². The van der Waals surface area contributed by atoms with Crippen molar-refractivity contribution in [1.82, 2.24) is 14.9 Å². The molecule has 2 aliphatic rings. The fourth-order valence-electron chi connectivity index (χ4n) is 3.48. The minimum atomic E-state index is -2.72. The Kier molecular flexibility index (Phi) is 4.73. The molecule has 7 heteroatoms. The number of hydrogen-bond acceptors (Lipinski definition) is 4. The van der Waals surface area contributed by atoms with E-state index >= 15 is 0 Å².